The summed E-state index contributed by atoms with van der Waals surface area (Å²) < 4.78 is 0. The van der Waals surface area contributed by atoms with Gasteiger partial charge in [0.25, 0.3) is 0 Å². The molecule has 0 unspecified atom stereocenters. The Kier molecular flexibility index (Phi) is 7.07. The molecule has 3 aromatic rings. The number of rotatable bonds is 7. The van der Waals surface area contributed by atoms with E-state index in [0.717, 1.165) is 69.3 Å². The quantitative estimate of drug-likeness (QED) is 0.570. The van der Waals surface area contributed by atoms with Crippen molar-refractivity contribution in [2.24, 2.45) is 0 Å². The third-order valence-corrected chi connectivity index (χ3v) is 7.10. The molecule has 1 aromatic heterocycles. The van der Waals surface area contributed by atoms with E-state index in [1.807, 2.05) is 0 Å². The van der Waals surface area contributed by atoms with Crippen LogP contribution in [0.4, 0.5) is 11.6 Å². The molecule has 1 saturated heterocycles. The van der Waals surface area contributed by atoms with Gasteiger partial charge in [0.2, 0.25) is 11.6 Å². The molecule has 0 radical (unpaired) electrons. The lowest BCUT2D eigenvalue weighted by atomic mass is 9.94. The van der Waals surface area contributed by atoms with Gasteiger partial charge in [-0.15, -0.1) is 0 Å². The topological polar surface area (TPSA) is 56.4 Å². The number of hydrogen-bond acceptors (Lipinski definition) is 4. The Morgan fingerprint density at radius 1 is 0.853 bits per heavy atom. The minimum Gasteiger partial charge on any atom is -0.305 e. The average Bonchev–Trinajstić information content (AvgIpc) is 2.90. The summed E-state index contributed by atoms with van der Waals surface area (Å²) in [6.45, 7) is 5.66. The van der Waals surface area contributed by atoms with Crippen LogP contribution in [0.5, 0.6) is 0 Å². The molecule has 3 heterocycles. The van der Waals surface area contributed by atoms with Crippen molar-refractivity contribution in [3.63, 3.8) is 0 Å². The van der Waals surface area contributed by atoms with Crippen LogP contribution in [-0.2, 0) is 25.9 Å². The van der Waals surface area contributed by atoms with Gasteiger partial charge in [-0.25, -0.2) is 4.98 Å². The van der Waals surface area contributed by atoms with Crippen LogP contribution < -0.4 is 15.2 Å². The minimum absolute atomic E-state index is 0.851. The molecule has 2 aromatic carbocycles. The van der Waals surface area contributed by atoms with E-state index in [1.165, 1.54) is 41.5 Å². The van der Waals surface area contributed by atoms with Crippen LogP contribution >= 0.6 is 0 Å². The van der Waals surface area contributed by atoms with Crippen molar-refractivity contribution in [2.45, 2.75) is 45.2 Å². The van der Waals surface area contributed by atoms with Gasteiger partial charge in [0.15, 0.2) is 0 Å². The first-order chi connectivity index (χ1) is 16.8. The van der Waals surface area contributed by atoms with Crippen molar-refractivity contribution in [1.82, 2.24) is 4.90 Å². The molecule has 2 aliphatic rings. The van der Waals surface area contributed by atoms with Gasteiger partial charge in [-0.1, -0.05) is 60.7 Å². The predicted octanol–water partition coefficient (Wildman–Crippen LogP) is 4.58. The van der Waals surface area contributed by atoms with Crippen molar-refractivity contribution in [1.29, 1.82) is 5.26 Å². The first kappa shape index (κ1) is 22.4. The fourth-order valence-electron chi connectivity index (χ4n) is 5.30. The number of anilines is 2. The Balaban J connectivity index is 1.44. The summed E-state index contributed by atoms with van der Waals surface area (Å²) in [5.41, 5.74) is 6.00. The van der Waals surface area contributed by atoms with Gasteiger partial charge in [-0.2, -0.15) is 5.26 Å². The highest BCUT2D eigenvalue weighted by Crippen LogP contribution is 2.32. The lowest BCUT2D eigenvalue weighted by Gasteiger charge is -2.32. The monoisotopic (exact) mass is 452 g/mol. The van der Waals surface area contributed by atoms with E-state index >= 15 is 0 Å². The van der Waals surface area contributed by atoms with Crippen LogP contribution in [0.3, 0.4) is 0 Å². The van der Waals surface area contributed by atoms with E-state index in [0.29, 0.717) is 0 Å². The molecule has 174 valence electrons. The summed E-state index contributed by atoms with van der Waals surface area (Å²) in [7, 11) is 0. The maximum absolute atomic E-state index is 10.2. The summed E-state index contributed by atoms with van der Waals surface area (Å²) in [5, 5.41) is 13.9. The number of aromatic nitrogens is 1. The van der Waals surface area contributed by atoms with Gasteiger partial charge in [0.05, 0.1) is 19.6 Å². The molecule has 2 aliphatic heterocycles. The highest BCUT2D eigenvalue weighted by molar-refractivity contribution is 5.62. The van der Waals surface area contributed by atoms with E-state index in [1.54, 1.807) is 0 Å². The molecule has 0 bridgehead atoms. The van der Waals surface area contributed by atoms with Gasteiger partial charge in [0, 0.05) is 31.6 Å². The molecule has 0 amide bonds. The second-order valence-electron chi connectivity index (χ2n) is 9.45. The Hall–Kier alpha value is -3.36. The van der Waals surface area contributed by atoms with Crippen LogP contribution in [0.2, 0.25) is 0 Å². The van der Waals surface area contributed by atoms with Gasteiger partial charge < -0.3 is 5.32 Å². The summed E-state index contributed by atoms with van der Waals surface area (Å²) in [4.78, 5) is 8.58. The van der Waals surface area contributed by atoms with Crippen LogP contribution in [0.25, 0.3) is 0 Å². The second kappa shape index (κ2) is 10.7. The fraction of sp³-hybridized carbons (Fsp3) is 0.379. The lowest BCUT2D eigenvalue weighted by molar-refractivity contribution is -0.348. The van der Waals surface area contributed by atoms with E-state index < -0.39 is 0 Å². The van der Waals surface area contributed by atoms with Crippen LogP contribution in [0, 0.1) is 11.3 Å². The summed E-state index contributed by atoms with van der Waals surface area (Å²) in [6, 6.07) is 23.9. The zero-order valence-corrected chi connectivity index (χ0v) is 19.9. The zero-order valence-electron chi connectivity index (χ0n) is 19.9. The molecule has 0 aliphatic carbocycles. The molecule has 1 fully saturated rings. The molecule has 5 nitrogen and oxygen atoms in total. The van der Waals surface area contributed by atoms with Crippen molar-refractivity contribution < 1.29 is 4.98 Å². The number of H-pyrrole nitrogens is 1. The number of pyridine rings is 1. The van der Waals surface area contributed by atoms with Crippen molar-refractivity contribution in [3.05, 3.63) is 88.5 Å². The largest absolute Gasteiger partial charge is 0.305 e. The Morgan fingerprint density at radius 2 is 1.56 bits per heavy atom. The highest BCUT2D eigenvalue weighted by atomic mass is 15.2. The van der Waals surface area contributed by atoms with E-state index in [9.17, 15) is 5.26 Å². The molecule has 5 rings (SSSR count). The van der Waals surface area contributed by atoms with E-state index in [2.05, 4.69) is 86.8 Å². The number of aromatic amines is 1. The maximum atomic E-state index is 10.2. The Labute approximate surface area is 203 Å². The summed E-state index contributed by atoms with van der Waals surface area (Å²) >= 11 is 0. The first-order valence-corrected chi connectivity index (χ1v) is 12.6. The third kappa shape index (κ3) is 5.08. The number of nitrogens with zero attached hydrogens (tertiary/aromatic N) is 3. The lowest BCUT2D eigenvalue weighted by Crippen LogP contribution is -2.39. The van der Waals surface area contributed by atoms with Crippen LogP contribution in [0.1, 0.15) is 47.1 Å². The van der Waals surface area contributed by atoms with Crippen molar-refractivity contribution in [2.75, 3.05) is 36.4 Å². The molecular formula is C29H34N5+. The number of hydrogen-bond donors (Lipinski definition) is 1. The first-order valence-electron chi connectivity index (χ1n) is 12.6. The number of benzene rings is 2. The molecular weight excluding hydrogens is 418 g/mol. The zero-order chi connectivity index (χ0) is 23.2. The standard InChI is InChI=1S/C29H33N5/c30-20-26-25-15-19-33(21-24-12-6-2-7-13-24)22-27(25)28(31-16-14-23-10-4-1-5-11-23)32-29(26)34-17-8-3-9-18-34/h1-2,4-7,10-13H,3,8-9,14-19,21-22H2,(H,31,32)/p+1. The SMILES string of the molecule is N#Cc1c(N2CCCCC2)[nH+]c(NCCc2ccccc2)c2c1CCN(Cc1ccccc1)C2. The molecule has 0 atom stereocenters. The fourth-order valence-corrected chi connectivity index (χ4v) is 5.30. The second-order valence-corrected chi connectivity index (χ2v) is 9.45. The van der Waals surface area contributed by atoms with Crippen LogP contribution in [0.15, 0.2) is 60.7 Å². The maximum Gasteiger partial charge on any atom is 0.240 e. The Bertz CT molecular complexity index is 1130. The summed E-state index contributed by atoms with van der Waals surface area (Å²) in [5.74, 6) is 2.10. The van der Waals surface area contributed by atoms with Gasteiger partial charge in [0.1, 0.15) is 11.6 Å². The number of fused-ring (bicyclic) bond motifs is 1. The van der Waals surface area contributed by atoms with E-state index in [4.69, 9.17) is 0 Å². The van der Waals surface area contributed by atoms with Gasteiger partial charge >= 0.3 is 0 Å². The molecule has 2 N–H and O–H groups in total. The minimum atomic E-state index is 0.851. The molecule has 0 saturated carbocycles. The smallest absolute Gasteiger partial charge is 0.240 e. The number of nitrogens with one attached hydrogen (secondary N) is 2. The molecule has 0 spiro atoms. The van der Waals surface area contributed by atoms with Crippen LogP contribution in [-0.4, -0.2) is 31.1 Å². The number of piperidine rings is 1. The number of nitriles is 1. The normalized spacial score (nSPS) is 16.0. The third-order valence-electron chi connectivity index (χ3n) is 7.10. The average molecular weight is 453 g/mol. The molecule has 34 heavy (non-hydrogen) atoms. The molecule has 5 heteroatoms. The van der Waals surface area contributed by atoms with Gasteiger partial charge in [-0.05, 0) is 42.4 Å². The predicted molar refractivity (Wildman–Crippen MR) is 137 cm³/mol. The van der Waals surface area contributed by atoms with Gasteiger partial charge in [-0.3, -0.25) is 9.80 Å². The Morgan fingerprint density at radius 3 is 2.26 bits per heavy atom. The highest BCUT2D eigenvalue weighted by Gasteiger charge is 2.31. The van der Waals surface area contributed by atoms with Crippen molar-refractivity contribution >= 4 is 11.6 Å². The van der Waals surface area contributed by atoms with Crippen molar-refractivity contribution in [3.8, 4) is 6.07 Å². The van der Waals surface area contributed by atoms with E-state index in [-0.39, 0.29) is 0 Å². The summed E-state index contributed by atoms with van der Waals surface area (Å²) in [6.07, 6.45) is 5.54.